The van der Waals surface area contributed by atoms with Gasteiger partial charge >= 0.3 is 0 Å². The lowest BCUT2D eigenvalue weighted by atomic mass is 10.1. The smallest absolute Gasteiger partial charge is 0.299 e. The topological polar surface area (TPSA) is 76.3 Å². The molecule has 6 nitrogen and oxygen atoms in total. The van der Waals surface area contributed by atoms with Gasteiger partial charge in [0.05, 0.1) is 17.8 Å². The molecule has 2 heterocycles. The SMILES string of the molecule is O=C1C(=O)N(Cc2ncon2)c2cc(F)c(F)cc21. The van der Waals surface area contributed by atoms with Gasteiger partial charge in [0.15, 0.2) is 17.5 Å². The molecule has 1 aromatic heterocycles. The fourth-order valence-corrected chi connectivity index (χ4v) is 1.85. The van der Waals surface area contributed by atoms with E-state index in [4.69, 9.17) is 0 Å². The van der Waals surface area contributed by atoms with E-state index >= 15 is 0 Å². The Morgan fingerprint density at radius 2 is 1.95 bits per heavy atom. The maximum Gasteiger partial charge on any atom is 0.299 e. The third-order valence-electron chi connectivity index (χ3n) is 2.72. The number of hydrogen-bond donors (Lipinski definition) is 0. The molecule has 3 rings (SSSR count). The van der Waals surface area contributed by atoms with Gasteiger partial charge in [-0.15, -0.1) is 0 Å². The second-order valence-electron chi connectivity index (χ2n) is 3.85. The summed E-state index contributed by atoms with van der Waals surface area (Å²) in [6.07, 6.45) is 1.06. The van der Waals surface area contributed by atoms with Crippen LogP contribution in [-0.2, 0) is 11.3 Å². The minimum Gasteiger partial charge on any atom is -0.343 e. The van der Waals surface area contributed by atoms with Crippen LogP contribution < -0.4 is 4.90 Å². The number of aromatic nitrogens is 2. The van der Waals surface area contributed by atoms with Crippen LogP contribution in [0.5, 0.6) is 0 Å². The summed E-state index contributed by atoms with van der Waals surface area (Å²) in [6, 6.07) is 1.51. The molecule has 96 valence electrons. The Morgan fingerprint density at radius 3 is 2.63 bits per heavy atom. The van der Waals surface area contributed by atoms with Crippen molar-refractivity contribution in [2.24, 2.45) is 0 Å². The monoisotopic (exact) mass is 265 g/mol. The van der Waals surface area contributed by atoms with E-state index in [1.807, 2.05) is 0 Å². The van der Waals surface area contributed by atoms with Crippen LogP contribution in [-0.4, -0.2) is 21.8 Å². The second kappa shape index (κ2) is 3.94. The highest BCUT2D eigenvalue weighted by molar-refractivity contribution is 6.52. The highest BCUT2D eigenvalue weighted by Gasteiger charge is 2.37. The molecule has 0 radical (unpaired) electrons. The predicted molar refractivity (Wildman–Crippen MR) is 56.2 cm³/mol. The van der Waals surface area contributed by atoms with E-state index in [0.717, 1.165) is 17.4 Å². The standard InChI is InChI=1S/C11H5F2N3O3/c12-6-1-5-8(2-7(6)13)16(11(18)10(5)17)3-9-14-4-19-15-9/h1-2,4H,3H2. The van der Waals surface area contributed by atoms with Gasteiger partial charge in [-0.3, -0.25) is 14.5 Å². The number of ketones is 1. The van der Waals surface area contributed by atoms with Crippen molar-refractivity contribution in [3.63, 3.8) is 0 Å². The van der Waals surface area contributed by atoms with E-state index in [1.54, 1.807) is 0 Å². The lowest BCUT2D eigenvalue weighted by Gasteiger charge is -2.13. The van der Waals surface area contributed by atoms with Crippen molar-refractivity contribution in [1.82, 2.24) is 10.1 Å². The van der Waals surface area contributed by atoms with Crippen molar-refractivity contribution in [3.8, 4) is 0 Å². The van der Waals surface area contributed by atoms with Crippen molar-refractivity contribution in [1.29, 1.82) is 0 Å². The molecule has 1 amide bonds. The molecular weight excluding hydrogens is 260 g/mol. The van der Waals surface area contributed by atoms with Crippen molar-refractivity contribution in [3.05, 3.63) is 41.5 Å². The normalized spacial score (nSPS) is 14.1. The molecule has 0 fully saturated rings. The molecule has 2 aromatic rings. The molecule has 0 spiro atoms. The van der Waals surface area contributed by atoms with Crippen LogP contribution in [0, 0.1) is 11.6 Å². The fourth-order valence-electron chi connectivity index (χ4n) is 1.85. The number of amides is 1. The number of rotatable bonds is 2. The minimum atomic E-state index is -1.18. The zero-order valence-electron chi connectivity index (χ0n) is 9.26. The number of halogens is 2. The molecule has 0 aliphatic carbocycles. The Bertz CT molecular complexity index is 685. The number of hydrogen-bond acceptors (Lipinski definition) is 5. The predicted octanol–water partition coefficient (Wildman–Crippen LogP) is 1.08. The van der Waals surface area contributed by atoms with E-state index in [0.29, 0.717) is 6.07 Å². The molecule has 1 aromatic carbocycles. The van der Waals surface area contributed by atoms with E-state index in [2.05, 4.69) is 14.7 Å². The quantitative estimate of drug-likeness (QED) is 0.759. The van der Waals surface area contributed by atoms with Crippen molar-refractivity contribution in [2.75, 3.05) is 4.90 Å². The maximum atomic E-state index is 13.2. The Labute approximate surface area is 104 Å². The molecule has 1 aliphatic heterocycles. The van der Waals surface area contributed by atoms with Gasteiger partial charge in [-0.2, -0.15) is 4.98 Å². The number of Topliss-reactive ketones (excluding diaryl/α,β-unsaturated/α-hetero) is 1. The Kier molecular flexibility index (Phi) is 2.37. The summed E-state index contributed by atoms with van der Waals surface area (Å²) in [5, 5.41) is 3.49. The summed E-state index contributed by atoms with van der Waals surface area (Å²) in [6.45, 7) is -0.154. The van der Waals surface area contributed by atoms with E-state index < -0.39 is 23.3 Å². The fraction of sp³-hybridized carbons (Fsp3) is 0.0909. The number of benzene rings is 1. The number of nitrogens with zero attached hydrogens (tertiary/aromatic N) is 3. The third kappa shape index (κ3) is 1.68. The zero-order valence-corrected chi connectivity index (χ0v) is 9.26. The van der Waals surface area contributed by atoms with Crippen LogP contribution in [0.25, 0.3) is 0 Å². The Balaban J connectivity index is 2.06. The first-order valence-corrected chi connectivity index (χ1v) is 5.18. The Morgan fingerprint density at radius 1 is 1.21 bits per heavy atom. The molecule has 19 heavy (non-hydrogen) atoms. The van der Waals surface area contributed by atoms with Gasteiger partial charge in [-0.1, -0.05) is 5.16 Å². The van der Waals surface area contributed by atoms with Crippen LogP contribution in [0.1, 0.15) is 16.2 Å². The van der Waals surface area contributed by atoms with Crippen LogP contribution in [0.4, 0.5) is 14.5 Å². The molecule has 1 aliphatic rings. The highest BCUT2D eigenvalue weighted by Crippen LogP contribution is 2.31. The third-order valence-corrected chi connectivity index (χ3v) is 2.72. The van der Waals surface area contributed by atoms with Gasteiger partial charge in [-0.05, 0) is 6.07 Å². The lowest BCUT2D eigenvalue weighted by molar-refractivity contribution is -0.114. The summed E-state index contributed by atoms with van der Waals surface area (Å²) >= 11 is 0. The summed E-state index contributed by atoms with van der Waals surface area (Å²) in [4.78, 5) is 28.1. The first kappa shape index (κ1) is 11.5. The molecule has 0 unspecified atom stereocenters. The summed E-state index contributed by atoms with van der Waals surface area (Å²) < 4.78 is 30.8. The molecule has 0 bridgehead atoms. The van der Waals surface area contributed by atoms with Gasteiger partial charge in [0, 0.05) is 6.07 Å². The Hall–Kier alpha value is -2.64. The number of anilines is 1. The van der Waals surface area contributed by atoms with Crippen LogP contribution in [0.3, 0.4) is 0 Å². The lowest BCUT2D eigenvalue weighted by Crippen LogP contribution is -2.29. The molecule has 8 heteroatoms. The van der Waals surface area contributed by atoms with Gasteiger partial charge < -0.3 is 4.52 Å². The number of fused-ring (bicyclic) bond motifs is 1. The van der Waals surface area contributed by atoms with Crippen LogP contribution in [0.15, 0.2) is 23.0 Å². The van der Waals surface area contributed by atoms with Crippen molar-refractivity contribution < 1.29 is 22.9 Å². The van der Waals surface area contributed by atoms with E-state index in [-0.39, 0.29) is 23.6 Å². The van der Waals surface area contributed by atoms with Gasteiger partial charge in [0.25, 0.3) is 11.7 Å². The van der Waals surface area contributed by atoms with Crippen LogP contribution in [0.2, 0.25) is 0 Å². The molecule has 0 N–H and O–H groups in total. The number of carbonyl (C=O) groups is 2. The largest absolute Gasteiger partial charge is 0.343 e. The van der Waals surface area contributed by atoms with Gasteiger partial charge in [0.1, 0.15) is 0 Å². The summed E-state index contributed by atoms with van der Waals surface area (Å²) in [7, 11) is 0. The zero-order chi connectivity index (χ0) is 13.6. The van der Waals surface area contributed by atoms with Crippen molar-refractivity contribution in [2.45, 2.75) is 6.54 Å². The van der Waals surface area contributed by atoms with Gasteiger partial charge in [-0.25, -0.2) is 8.78 Å². The molecule has 0 atom stereocenters. The van der Waals surface area contributed by atoms with E-state index in [9.17, 15) is 18.4 Å². The maximum absolute atomic E-state index is 13.2. The van der Waals surface area contributed by atoms with Crippen molar-refractivity contribution >= 4 is 17.4 Å². The van der Waals surface area contributed by atoms with Crippen LogP contribution >= 0.6 is 0 Å². The average molecular weight is 265 g/mol. The summed E-state index contributed by atoms with van der Waals surface area (Å²) in [5.41, 5.74) is -0.175. The molecular formula is C11H5F2N3O3. The average Bonchev–Trinajstić information content (AvgIpc) is 2.96. The van der Waals surface area contributed by atoms with Gasteiger partial charge in [0.2, 0.25) is 6.39 Å². The molecule has 0 saturated heterocycles. The second-order valence-corrected chi connectivity index (χ2v) is 3.85. The highest BCUT2D eigenvalue weighted by atomic mass is 19.2. The minimum absolute atomic E-state index is 0.00120. The molecule has 0 saturated carbocycles. The first-order valence-electron chi connectivity index (χ1n) is 5.18. The summed E-state index contributed by atoms with van der Waals surface area (Å²) in [5.74, 6) is -3.94. The number of carbonyl (C=O) groups excluding carboxylic acids is 2. The first-order chi connectivity index (χ1) is 9.08. The van der Waals surface area contributed by atoms with E-state index in [1.165, 1.54) is 0 Å².